The Morgan fingerprint density at radius 3 is 1.69 bits per heavy atom. The number of rotatable bonds is 10. The van der Waals surface area contributed by atoms with Crippen LogP contribution < -0.4 is 8.37 Å². The molecule has 1 heterocycles. The predicted octanol–water partition coefficient (Wildman–Crippen LogP) is 5.75. The van der Waals surface area contributed by atoms with Crippen molar-refractivity contribution in [3.63, 3.8) is 0 Å². The summed E-state index contributed by atoms with van der Waals surface area (Å²) >= 11 is 1.08. The summed E-state index contributed by atoms with van der Waals surface area (Å²) in [6, 6.07) is 12.9. The van der Waals surface area contributed by atoms with Crippen LogP contribution in [0.1, 0.15) is 50.7 Å². The molecule has 3 rings (SSSR count). The van der Waals surface area contributed by atoms with Gasteiger partial charge in [-0.25, -0.2) is 0 Å². The lowest BCUT2D eigenvalue weighted by Crippen LogP contribution is -2.13. The summed E-state index contributed by atoms with van der Waals surface area (Å²) in [6.07, 6.45) is 2.94. The third kappa shape index (κ3) is 5.90. The molecule has 0 fully saturated rings. The zero-order chi connectivity index (χ0) is 23.4. The van der Waals surface area contributed by atoms with Gasteiger partial charge in [0.05, 0.1) is 0 Å². The smallest absolute Gasteiger partial charge is 0.339 e. The van der Waals surface area contributed by atoms with E-state index in [1.54, 1.807) is 24.3 Å². The van der Waals surface area contributed by atoms with Crippen LogP contribution in [0.25, 0.3) is 0 Å². The van der Waals surface area contributed by atoms with Crippen molar-refractivity contribution in [2.75, 3.05) is 0 Å². The molecule has 2 aromatic carbocycles. The van der Waals surface area contributed by atoms with E-state index in [0.29, 0.717) is 0 Å². The van der Waals surface area contributed by atoms with Crippen molar-refractivity contribution in [2.45, 2.75) is 55.7 Å². The maximum Gasteiger partial charge on any atom is 0.339 e. The molecule has 0 unspecified atom stereocenters. The fourth-order valence-electron chi connectivity index (χ4n) is 2.95. The van der Waals surface area contributed by atoms with Crippen LogP contribution in [0.4, 0.5) is 0 Å². The molecule has 3 aromatic rings. The molecule has 6 nitrogen and oxygen atoms in total. The highest BCUT2D eigenvalue weighted by Gasteiger charge is 2.24. The van der Waals surface area contributed by atoms with Gasteiger partial charge < -0.3 is 8.37 Å². The third-order valence-electron chi connectivity index (χ3n) is 4.86. The standard InChI is InChI=1S/C23H26O6S3/c1-4-5-6-18-7-11-20(12-8-18)31(24,25)28-22-15-30-16-23(22)29-32(26,27)21-13-9-19(10-14-21)17(2)3/h7-17H,4-6H2,1-3H3. The second-order valence-corrected chi connectivity index (χ2v) is 11.5. The van der Waals surface area contributed by atoms with Crippen molar-refractivity contribution < 1.29 is 25.2 Å². The Kier molecular flexibility index (Phi) is 7.63. The lowest BCUT2D eigenvalue weighted by molar-refractivity contribution is 0.451. The molecule has 172 valence electrons. The van der Waals surface area contributed by atoms with Crippen molar-refractivity contribution in [3.05, 3.63) is 70.4 Å². The normalized spacial score (nSPS) is 12.1. The number of thiophene rings is 1. The maximum atomic E-state index is 12.7. The molecule has 9 heteroatoms. The van der Waals surface area contributed by atoms with Crippen molar-refractivity contribution in [1.82, 2.24) is 0 Å². The van der Waals surface area contributed by atoms with Crippen LogP contribution in [-0.4, -0.2) is 16.8 Å². The van der Waals surface area contributed by atoms with Gasteiger partial charge in [-0.3, -0.25) is 0 Å². The minimum atomic E-state index is -4.15. The van der Waals surface area contributed by atoms with E-state index in [4.69, 9.17) is 8.37 Å². The zero-order valence-electron chi connectivity index (χ0n) is 18.1. The minimum Gasteiger partial charge on any atom is -0.374 e. The number of hydrogen-bond donors (Lipinski definition) is 0. The molecular weight excluding hydrogens is 468 g/mol. The van der Waals surface area contributed by atoms with Gasteiger partial charge in [0.25, 0.3) is 0 Å². The molecule has 0 aliphatic rings. The minimum absolute atomic E-state index is 0.0120. The molecule has 0 saturated carbocycles. The lowest BCUT2D eigenvalue weighted by Gasteiger charge is -2.11. The van der Waals surface area contributed by atoms with Crippen molar-refractivity contribution >= 4 is 31.6 Å². The van der Waals surface area contributed by atoms with Gasteiger partial charge in [0.2, 0.25) is 0 Å². The molecule has 0 saturated heterocycles. The number of benzene rings is 2. The summed E-state index contributed by atoms with van der Waals surface area (Å²) in [6.45, 7) is 6.11. The van der Waals surface area contributed by atoms with Crippen LogP contribution in [0.3, 0.4) is 0 Å². The van der Waals surface area contributed by atoms with Gasteiger partial charge in [-0.05, 0) is 54.2 Å². The van der Waals surface area contributed by atoms with Crippen molar-refractivity contribution in [2.24, 2.45) is 0 Å². The van der Waals surface area contributed by atoms with Crippen LogP contribution in [0.15, 0.2) is 69.1 Å². The van der Waals surface area contributed by atoms with Gasteiger partial charge in [-0.2, -0.15) is 16.8 Å². The first-order valence-electron chi connectivity index (χ1n) is 10.3. The summed E-state index contributed by atoms with van der Waals surface area (Å²) in [5.41, 5.74) is 2.04. The van der Waals surface area contributed by atoms with Crippen LogP contribution in [-0.2, 0) is 26.7 Å². The van der Waals surface area contributed by atoms with E-state index in [2.05, 4.69) is 6.92 Å². The predicted molar refractivity (Wildman–Crippen MR) is 126 cm³/mol. The third-order valence-corrected chi connectivity index (χ3v) is 8.06. The van der Waals surface area contributed by atoms with Gasteiger partial charge in [-0.1, -0.05) is 51.5 Å². The SMILES string of the molecule is CCCCc1ccc(S(=O)(=O)Oc2cscc2OS(=O)(=O)c2ccc(C(C)C)cc2)cc1. The van der Waals surface area contributed by atoms with Crippen LogP contribution >= 0.6 is 11.3 Å². The largest absolute Gasteiger partial charge is 0.374 e. The Bertz CT molecular complexity index is 1240. The lowest BCUT2D eigenvalue weighted by atomic mass is 10.0. The molecule has 0 aliphatic carbocycles. The van der Waals surface area contributed by atoms with E-state index in [1.807, 2.05) is 13.8 Å². The van der Waals surface area contributed by atoms with Crippen molar-refractivity contribution in [3.8, 4) is 11.5 Å². The van der Waals surface area contributed by atoms with Crippen LogP contribution in [0.5, 0.6) is 11.5 Å². The Morgan fingerprint density at radius 1 is 0.781 bits per heavy atom. The highest BCUT2D eigenvalue weighted by molar-refractivity contribution is 7.87. The van der Waals surface area contributed by atoms with Gasteiger partial charge in [0.1, 0.15) is 9.79 Å². The summed E-state index contributed by atoms with van der Waals surface area (Å²) in [7, 11) is -8.30. The molecule has 0 amide bonds. The summed E-state index contributed by atoms with van der Waals surface area (Å²) in [5.74, 6) is -0.0889. The summed E-state index contributed by atoms with van der Waals surface area (Å²) in [5, 5.41) is 2.78. The molecule has 1 aromatic heterocycles. The molecule has 0 atom stereocenters. The quantitative estimate of drug-likeness (QED) is 0.334. The van der Waals surface area contributed by atoms with Gasteiger partial charge in [0.15, 0.2) is 11.5 Å². The molecule has 0 bridgehead atoms. The molecule has 0 radical (unpaired) electrons. The Morgan fingerprint density at radius 2 is 1.25 bits per heavy atom. The van der Waals surface area contributed by atoms with E-state index in [9.17, 15) is 16.8 Å². The maximum absolute atomic E-state index is 12.7. The average molecular weight is 495 g/mol. The fourth-order valence-corrected chi connectivity index (χ4v) is 5.58. The highest BCUT2D eigenvalue weighted by atomic mass is 32.2. The summed E-state index contributed by atoms with van der Waals surface area (Å²) < 4.78 is 61.1. The fraction of sp³-hybridized carbons (Fsp3) is 0.304. The molecule has 0 N–H and O–H groups in total. The Hall–Kier alpha value is -2.36. The van der Waals surface area contributed by atoms with Crippen LogP contribution in [0.2, 0.25) is 0 Å². The van der Waals surface area contributed by atoms with E-state index in [0.717, 1.165) is 41.7 Å². The molecule has 0 aliphatic heterocycles. The second kappa shape index (κ2) is 10.1. The van der Waals surface area contributed by atoms with Gasteiger partial charge in [0, 0.05) is 10.8 Å². The monoisotopic (exact) mass is 494 g/mol. The number of hydrogen-bond acceptors (Lipinski definition) is 7. The summed E-state index contributed by atoms with van der Waals surface area (Å²) in [4.78, 5) is -0.0356. The van der Waals surface area contributed by atoms with E-state index in [1.165, 1.54) is 35.0 Å². The first kappa shape index (κ1) is 24.3. The second-order valence-electron chi connectivity index (χ2n) is 7.65. The topological polar surface area (TPSA) is 86.7 Å². The first-order valence-corrected chi connectivity index (χ1v) is 14.0. The van der Waals surface area contributed by atoms with Crippen LogP contribution in [0, 0.1) is 0 Å². The molecule has 0 spiro atoms. The molecule has 32 heavy (non-hydrogen) atoms. The molecular formula is C23H26O6S3. The highest BCUT2D eigenvalue weighted by Crippen LogP contribution is 2.36. The zero-order valence-corrected chi connectivity index (χ0v) is 20.6. The number of aryl methyl sites for hydroxylation is 1. The Balaban J connectivity index is 1.77. The Labute approximate surface area is 194 Å². The van der Waals surface area contributed by atoms with E-state index < -0.39 is 20.2 Å². The first-order chi connectivity index (χ1) is 15.1. The number of unbranched alkanes of at least 4 members (excludes halogenated alkanes) is 1. The van der Waals surface area contributed by atoms with E-state index in [-0.39, 0.29) is 27.2 Å². The van der Waals surface area contributed by atoms with Gasteiger partial charge in [-0.15, -0.1) is 11.3 Å². The van der Waals surface area contributed by atoms with Gasteiger partial charge >= 0.3 is 20.2 Å². The van der Waals surface area contributed by atoms with E-state index >= 15 is 0 Å². The van der Waals surface area contributed by atoms with Crippen molar-refractivity contribution in [1.29, 1.82) is 0 Å². The average Bonchev–Trinajstić information content (AvgIpc) is 3.17.